The first-order valence-corrected chi connectivity index (χ1v) is 12.2. The van der Waals surface area contributed by atoms with Crippen LogP contribution in [0.1, 0.15) is 24.0 Å². The van der Waals surface area contributed by atoms with Crippen LogP contribution < -0.4 is 15.8 Å². The molecule has 8 heteroatoms. The van der Waals surface area contributed by atoms with E-state index < -0.39 is 0 Å². The summed E-state index contributed by atoms with van der Waals surface area (Å²) in [6.07, 6.45) is 1.53. The summed E-state index contributed by atoms with van der Waals surface area (Å²) in [4.78, 5) is 33.2. The fourth-order valence-electron chi connectivity index (χ4n) is 4.38. The number of hydrogen-bond donors (Lipinski definition) is 1. The van der Waals surface area contributed by atoms with Gasteiger partial charge in [0, 0.05) is 25.2 Å². The Morgan fingerprint density at radius 1 is 1.18 bits per heavy atom. The molecule has 0 saturated carbocycles. The lowest BCUT2D eigenvalue weighted by molar-refractivity contribution is -0.125. The second kappa shape index (κ2) is 9.38. The third-order valence-electron chi connectivity index (χ3n) is 6.24. The van der Waals surface area contributed by atoms with Crippen LogP contribution in [0.2, 0.25) is 0 Å². The van der Waals surface area contributed by atoms with Crippen LogP contribution in [0.4, 0.5) is 10.3 Å². The van der Waals surface area contributed by atoms with Crippen molar-refractivity contribution in [2.45, 2.75) is 26.3 Å². The first kappa shape index (κ1) is 22.3. The number of nitrogens with one attached hydrogen (secondary N) is 1. The number of nitrogens with zero attached hydrogens (tertiary/aromatic N) is 3. The molecule has 5 rings (SSSR count). The van der Waals surface area contributed by atoms with Gasteiger partial charge in [-0.05, 0) is 49.4 Å². The second-order valence-corrected chi connectivity index (χ2v) is 9.53. The van der Waals surface area contributed by atoms with E-state index in [9.17, 15) is 14.0 Å². The van der Waals surface area contributed by atoms with Gasteiger partial charge >= 0.3 is 0 Å². The Hall–Kier alpha value is -3.52. The number of thiophene rings is 1. The summed E-state index contributed by atoms with van der Waals surface area (Å²) in [5.74, 6) is -0.175. The molecule has 2 aromatic heterocycles. The highest BCUT2D eigenvalue weighted by Gasteiger charge is 2.29. The van der Waals surface area contributed by atoms with Crippen molar-refractivity contribution in [3.8, 4) is 5.69 Å². The number of amides is 1. The van der Waals surface area contributed by atoms with Crippen molar-refractivity contribution in [1.29, 1.82) is 0 Å². The highest BCUT2D eigenvalue weighted by molar-refractivity contribution is 7.17. The first-order chi connectivity index (χ1) is 16.5. The summed E-state index contributed by atoms with van der Waals surface area (Å²) in [6.45, 7) is 3.29. The van der Waals surface area contributed by atoms with E-state index >= 15 is 0 Å². The van der Waals surface area contributed by atoms with Crippen LogP contribution in [0.5, 0.6) is 0 Å². The van der Waals surface area contributed by atoms with E-state index in [-0.39, 0.29) is 29.7 Å². The molecule has 1 fully saturated rings. The van der Waals surface area contributed by atoms with E-state index in [1.54, 1.807) is 22.8 Å². The van der Waals surface area contributed by atoms with E-state index in [4.69, 9.17) is 4.98 Å². The predicted octanol–water partition coefficient (Wildman–Crippen LogP) is 4.43. The second-order valence-electron chi connectivity index (χ2n) is 8.62. The summed E-state index contributed by atoms with van der Waals surface area (Å²) < 4.78 is 16.2. The highest BCUT2D eigenvalue weighted by atomic mass is 32.1. The smallest absolute Gasteiger partial charge is 0.277 e. The molecule has 2 aromatic carbocycles. The lowest BCUT2D eigenvalue weighted by Crippen LogP contribution is -2.45. The maximum Gasteiger partial charge on any atom is 0.277 e. The lowest BCUT2D eigenvalue weighted by atomic mass is 9.97. The summed E-state index contributed by atoms with van der Waals surface area (Å²) in [7, 11) is 0. The van der Waals surface area contributed by atoms with Gasteiger partial charge in [-0.2, -0.15) is 0 Å². The minimum Gasteiger partial charge on any atom is -0.352 e. The molecule has 0 unspecified atom stereocenters. The van der Waals surface area contributed by atoms with Crippen LogP contribution in [-0.4, -0.2) is 28.5 Å². The van der Waals surface area contributed by atoms with Gasteiger partial charge in [0.2, 0.25) is 11.9 Å². The number of rotatable bonds is 5. The highest BCUT2D eigenvalue weighted by Crippen LogP contribution is 2.27. The molecule has 0 radical (unpaired) electrons. The van der Waals surface area contributed by atoms with Crippen LogP contribution in [0, 0.1) is 18.7 Å². The molecule has 1 atom stereocenters. The third-order valence-corrected chi connectivity index (χ3v) is 7.13. The summed E-state index contributed by atoms with van der Waals surface area (Å²) in [5.41, 5.74) is 2.87. The van der Waals surface area contributed by atoms with Crippen LogP contribution in [-0.2, 0) is 11.3 Å². The minimum absolute atomic E-state index is 0.106. The van der Waals surface area contributed by atoms with Crippen LogP contribution in [0.25, 0.3) is 15.9 Å². The Bertz CT molecular complexity index is 1400. The van der Waals surface area contributed by atoms with Crippen LogP contribution >= 0.6 is 11.3 Å². The average molecular weight is 477 g/mol. The number of hydrogen-bond acceptors (Lipinski definition) is 5. The van der Waals surface area contributed by atoms with Gasteiger partial charge < -0.3 is 10.2 Å². The molecular formula is C26H25FN4O2S. The van der Waals surface area contributed by atoms with E-state index in [2.05, 4.69) is 5.32 Å². The van der Waals surface area contributed by atoms with Crippen molar-refractivity contribution in [1.82, 2.24) is 14.9 Å². The van der Waals surface area contributed by atoms with Gasteiger partial charge in [-0.25, -0.2) is 13.9 Å². The van der Waals surface area contributed by atoms with E-state index in [1.807, 2.05) is 47.5 Å². The van der Waals surface area contributed by atoms with Gasteiger partial charge in [0.1, 0.15) is 10.5 Å². The van der Waals surface area contributed by atoms with Crippen molar-refractivity contribution in [2.24, 2.45) is 5.92 Å². The third kappa shape index (κ3) is 4.33. The maximum atomic E-state index is 13.9. The molecule has 6 nitrogen and oxygen atoms in total. The van der Waals surface area contributed by atoms with Gasteiger partial charge in [0.25, 0.3) is 5.56 Å². The Morgan fingerprint density at radius 3 is 2.76 bits per heavy atom. The van der Waals surface area contributed by atoms with Crippen LogP contribution in [0.15, 0.2) is 64.8 Å². The number of halogens is 1. The van der Waals surface area contributed by atoms with Crippen molar-refractivity contribution in [3.05, 3.63) is 87.3 Å². The Labute approximate surface area is 200 Å². The molecule has 1 amide bonds. The number of fused-ring (bicyclic) bond motifs is 1. The maximum absolute atomic E-state index is 13.9. The summed E-state index contributed by atoms with van der Waals surface area (Å²) >= 11 is 1.38. The fraction of sp³-hybridized carbons (Fsp3) is 0.269. The Kier molecular flexibility index (Phi) is 6.15. The zero-order valence-corrected chi connectivity index (χ0v) is 19.6. The molecular weight excluding hydrogens is 451 g/mol. The number of anilines is 1. The minimum atomic E-state index is -0.330. The molecule has 34 heavy (non-hydrogen) atoms. The summed E-state index contributed by atoms with van der Waals surface area (Å²) in [6, 6.07) is 16.1. The Balaban J connectivity index is 1.43. The molecule has 1 N–H and O–H groups in total. The number of piperidine rings is 1. The number of carbonyl (C=O) groups excluding carboxylic acids is 1. The van der Waals surface area contributed by atoms with Gasteiger partial charge in [-0.15, -0.1) is 11.3 Å². The van der Waals surface area contributed by atoms with E-state index in [0.717, 1.165) is 24.1 Å². The first-order valence-electron chi connectivity index (χ1n) is 11.3. The largest absolute Gasteiger partial charge is 0.352 e. The quantitative estimate of drug-likeness (QED) is 0.463. The molecule has 1 aliphatic heterocycles. The van der Waals surface area contributed by atoms with Crippen molar-refractivity contribution in [2.75, 3.05) is 18.0 Å². The topological polar surface area (TPSA) is 67.2 Å². The molecule has 4 aromatic rings. The average Bonchev–Trinajstić information content (AvgIpc) is 3.33. The van der Waals surface area contributed by atoms with Gasteiger partial charge in [0.15, 0.2) is 0 Å². The molecule has 0 bridgehead atoms. The molecule has 1 aliphatic rings. The number of carbonyl (C=O) groups is 1. The number of aryl methyl sites for hydroxylation is 1. The van der Waals surface area contributed by atoms with Gasteiger partial charge in [-0.3, -0.25) is 9.59 Å². The van der Waals surface area contributed by atoms with Gasteiger partial charge in [0.05, 0.1) is 17.1 Å². The SMILES string of the molecule is Cc1ccc(-n2c(N3CCC[C@H](C(=O)NCc4ccccc4F)C3)nc3ccsc3c2=O)cc1. The van der Waals surface area contributed by atoms with Crippen molar-refractivity contribution in [3.63, 3.8) is 0 Å². The molecule has 0 aliphatic carbocycles. The lowest BCUT2D eigenvalue weighted by Gasteiger charge is -2.34. The standard InChI is InChI=1S/C26H25FN4O2S/c1-17-8-10-20(11-9-17)31-25(33)23-22(12-14-34-23)29-26(31)30-13-4-6-19(16-30)24(32)28-15-18-5-2-3-7-21(18)27/h2-3,5,7-12,14,19H,4,6,13,15-16H2,1H3,(H,28,32)/t19-/m0/s1. The zero-order chi connectivity index (χ0) is 23.7. The van der Waals surface area contributed by atoms with E-state index in [0.29, 0.717) is 34.8 Å². The zero-order valence-electron chi connectivity index (χ0n) is 18.8. The summed E-state index contributed by atoms with van der Waals surface area (Å²) in [5, 5.41) is 4.75. The molecule has 0 spiro atoms. The number of benzene rings is 2. The number of aromatic nitrogens is 2. The van der Waals surface area contributed by atoms with Gasteiger partial charge in [-0.1, -0.05) is 35.9 Å². The predicted molar refractivity (Wildman–Crippen MR) is 133 cm³/mol. The van der Waals surface area contributed by atoms with Crippen molar-refractivity contribution < 1.29 is 9.18 Å². The molecule has 3 heterocycles. The Morgan fingerprint density at radius 2 is 1.97 bits per heavy atom. The molecule has 174 valence electrons. The normalized spacial score (nSPS) is 16.1. The van der Waals surface area contributed by atoms with Crippen molar-refractivity contribution >= 4 is 33.4 Å². The molecule has 1 saturated heterocycles. The van der Waals surface area contributed by atoms with E-state index in [1.165, 1.54) is 17.4 Å². The van der Waals surface area contributed by atoms with Crippen LogP contribution in [0.3, 0.4) is 0 Å². The monoisotopic (exact) mass is 476 g/mol. The fourth-order valence-corrected chi connectivity index (χ4v) is 5.14.